The smallest absolute Gasteiger partial charge is 0.252 e. The number of rotatable bonds is 13. The van der Waals surface area contributed by atoms with Gasteiger partial charge in [-0.15, -0.1) is 0 Å². The molecule has 10 heteroatoms. The van der Waals surface area contributed by atoms with Crippen LogP contribution in [0, 0.1) is 5.92 Å². The first kappa shape index (κ1) is 29.5. The molecule has 0 bridgehead atoms. The average Bonchev–Trinajstić information content (AvgIpc) is 3.17. The number of carbonyl (C=O) groups excluding carboxylic acids is 3. The van der Waals surface area contributed by atoms with Crippen molar-refractivity contribution in [2.45, 2.75) is 45.1 Å². The van der Waals surface area contributed by atoms with E-state index in [-0.39, 0.29) is 30.1 Å². The predicted octanol–water partition coefficient (Wildman–Crippen LogP) is 3.04. The first-order valence-electron chi connectivity index (χ1n) is 14.1. The summed E-state index contributed by atoms with van der Waals surface area (Å²) in [5, 5.41) is 3.39. The summed E-state index contributed by atoms with van der Waals surface area (Å²) in [5.41, 5.74) is 7.24. The van der Waals surface area contributed by atoms with Gasteiger partial charge in [0, 0.05) is 24.7 Å². The highest BCUT2D eigenvalue weighted by molar-refractivity contribution is 7.80. The highest BCUT2D eigenvalue weighted by atomic mass is 32.1. The van der Waals surface area contributed by atoms with Gasteiger partial charge in [0.1, 0.15) is 11.8 Å². The lowest BCUT2D eigenvalue weighted by molar-refractivity contribution is -0.130. The Balaban J connectivity index is 1.38. The molecule has 2 aromatic rings. The molecule has 40 heavy (non-hydrogen) atoms. The molecule has 9 nitrogen and oxygen atoms in total. The van der Waals surface area contributed by atoms with Gasteiger partial charge in [-0.25, -0.2) is 0 Å². The second-order valence-corrected chi connectivity index (χ2v) is 10.7. The number of benzene rings is 2. The summed E-state index contributed by atoms with van der Waals surface area (Å²) < 4.78 is 5.47. The maximum atomic E-state index is 13.6. The molecule has 2 saturated heterocycles. The van der Waals surface area contributed by atoms with Crippen LogP contribution in [0.2, 0.25) is 0 Å². The normalized spacial score (nSPS) is 18.3. The van der Waals surface area contributed by atoms with E-state index in [1.165, 1.54) is 0 Å². The van der Waals surface area contributed by atoms with Crippen LogP contribution in [0.3, 0.4) is 0 Å². The average molecular weight is 566 g/mol. The van der Waals surface area contributed by atoms with Crippen molar-refractivity contribution < 1.29 is 19.1 Å². The monoisotopic (exact) mass is 565 g/mol. The zero-order chi connectivity index (χ0) is 28.5. The second kappa shape index (κ2) is 14.2. The van der Waals surface area contributed by atoms with Gasteiger partial charge >= 0.3 is 0 Å². The van der Waals surface area contributed by atoms with Crippen LogP contribution in [0.5, 0.6) is 5.75 Å². The molecule has 0 spiro atoms. The van der Waals surface area contributed by atoms with Crippen molar-refractivity contribution in [3.63, 3.8) is 0 Å². The maximum Gasteiger partial charge on any atom is 0.252 e. The first-order chi connectivity index (χ1) is 19.4. The number of amides is 3. The molecule has 3 N–H and O–H groups in total. The lowest BCUT2D eigenvalue weighted by Crippen LogP contribution is -2.41. The molecule has 0 aliphatic carbocycles. The molecule has 0 radical (unpaired) electrons. The Labute approximate surface area is 241 Å². The summed E-state index contributed by atoms with van der Waals surface area (Å²) in [5.74, 6) is 0.0914. The van der Waals surface area contributed by atoms with Gasteiger partial charge in [-0.1, -0.05) is 30.3 Å². The number of anilines is 1. The number of piperidine rings is 1. The summed E-state index contributed by atoms with van der Waals surface area (Å²) in [6.07, 6.45) is 3.03. The van der Waals surface area contributed by atoms with Crippen LogP contribution in [0.25, 0.3) is 0 Å². The van der Waals surface area contributed by atoms with Crippen molar-refractivity contribution in [3.05, 3.63) is 60.2 Å². The molecule has 3 amide bonds. The molecule has 2 aliphatic heterocycles. The largest absolute Gasteiger partial charge is 0.494 e. The minimum Gasteiger partial charge on any atom is -0.494 e. The van der Waals surface area contributed by atoms with E-state index < -0.39 is 6.04 Å². The van der Waals surface area contributed by atoms with Crippen molar-refractivity contribution in [2.75, 3.05) is 44.6 Å². The third-order valence-electron chi connectivity index (χ3n) is 7.56. The molecular weight excluding hydrogens is 526 g/mol. The fourth-order valence-electron chi connectivity index (χ4n) is 5.33. The van der Waals surface area contributed by atoms with Crippen molar-refractivity contribution in [1.29, 1.82) is 0 Å². The molecule has 2 aromatic carbocycles. The lowest BCUT2D eigenvalue weighted by atomic mass is 9.96. The van der Waals surface area contributed by atoms with Gasteiger partial charge in [0.2, 0.25) is 11.8 Å². The number of carbonyl (C=O) groups is 3. The van der Waals surface area contributed by atoms with E-state index in [2.05, 4.69) is 10.2 Å². The van der Waals surface area contributed by atoms with E-state index in [4.69, 9.17) is 22.7 Å². The highest BCUT2D eigenvalue weighted by Crippen LogP contribution is 2.24. The van der Waals surface area contributed by atoms with Gasteiger partial charge in [-0.3, -0.25) is 19.3 Å². The molecule has 2 fully saturated rings. The molecule has 0 aromatic heterocycles. The summed E-state index contributed by atoms with van der Waals surface area (Å²) in [6, 6.07) is 16.5. The van der Waals surface area contributed by atoms with Crippen molar-refractivity contribution in [1.82, 2.24) is 14.7 Å². The fourth-order valence-corrected chi connectivity index (χ4v) is 5.73. The zero-order valence-corrected chi connectivity index (χ0v) is 23.9. The SMILES string of the molecule is CCOc1ccc(NC(=O)C[C@H]2C(=O)N(CCc3ccccc3)C(=S)N2CCCN2CCC(C(N)=O)CC2)cc1. The van der Waals surface area contributed by atoms with E-state index in [1.807, 2.05) is 42.2 Å². The quantitative estimate of drug-likeness (QED) is 0.360. The molecule has 2 aliphatic rings. The number of primary amides is 1. The lowest BCUT2D eigenvalue weighted by Gasteiger charge is -2.31. The summed E-state index contributed by atoms with van der Waals surface area (Å²) in [7, 11) is 0. The fraction of sp³-hybridized carbons (Fsp3) is 0.467. The summed E-state index contributed by atoms with van der Waals surface area (Å²) >= 11 is 5.79. The van der Waals surface area contributed by atoms with Crippen molar-refractivity contribution in [3.8, 4) is 5.75 Å². The van der Waals surface area contributed by atoms with E-state index in [1.54, 1.807) is 29.2 Å². The van der Waals surface area contributed by atoms with Crippen molar-refractivity contribution >= 4 is 40.7 Å². The van der Waals surface area contributed by atoms with Gasteiger partial charge in [-0.2, -0.15) is 0 Å². The van der Waals surface area contributed by atoms with Crippen LogP contribution in [-0.2, 0) is 20.8 Å². The van der Waals surface area contributed by atoms with Gasteiger partial charge in [-0.05, 0) is 94.3 Å². The molecule has 4 rings (SSSR count). The molecule has 0 saturated carbocycles. The Morgan fingerprint density at radius 3 is 2.38 bits per heavy atom. The van der Waals surface area contributed by atoms with Crippen molar-refractivity contribution in [2.24, 2.45) is 11.7 Å². The Hall–Kier alpha value is -3.50. The maximum absolute atomic E-state index is 13.6. The van der Waals surface area contributed by atoms with Gasteiger partial charge < -0.3 is 25.6 Å². The van der Waals surface area contributed by atoms with E-state index in [9.17, 15) is 14.4 Å². The Morgan fingerprint density at radius 1 is 1.02 bits per heavy atom. The minimum atomic E-state index is -0.647. The molecular formula is C30H39N5O4S. The number of thiocarbonyl (C=S) groups is 1. The molecule has 0 unspecified atom stereocenters. The molecule has 2 heterocycles. The summed E-state index contributed by atoms with van der Waals surface area (Å²) in [4.78, 5) is 44.0. The van der Waals surface area contributed by atoms with Crippen LogP contribution < -0.4 is 15.8 Å². The number of ether oxygens (including phenoxy) is 1. The first-order valence-corrected chi connectivity index (χ1v) is 14.5. The Kier molecular flexibility index (Phi) is 10.5. The number of hydrogen-bond acceptors (Lipinski definition) is 6. The van der Waals surface area contributed by atoms with Crippen LogP contribution in [0.1, 0.15) is 38.2 Å². The van der Waals surface area contributed by atoms with E-state index in [0.29, 0.717) is 36.9 Å². The number of nitrogens with zero attached hydrogens (tertiary/aromatic N) is 3. The Morgan fingerprint density at radius 2 is 1.73 bits per heavy atom. The second-order valence-electron chi connectivity index (χ2n) is 10.3. The topological polar surface area (TPSA) is 108 Å². The van der Waals surface area contributed by atoms with Crippen LogP contribution in [0.4, 0.5) is 5.69 Å². The van der Waals surface area contributed by atoms with Gasteiger partial charge in [0.15, 0.2) is 5.11 Å². The third-order valence-corrected chi connectivity index (χ3v) is 8.02. The van der Waals surface area contributed by atoms with Crippen LogP contribution >= 0.6 is 12.2 Å². The van der Waals surface area contributed by atoms with Gasteiger partial charge in [0.25, 0.3) is 5.91 Å². The zero-order valence-electron chi connectivity index (χ0n) is 23.1. The number of nitrogens with two attached hydrogens (primary N) is 1. The molecule has 1 atom stereocenters. The number of likely N-dealkylation sites (tertiary alicyclic amines) is 1. The Bertz CT molecular complexity index is 1170. The van der Waals surface area contributed by atoms with E-state index >= 15 is 0 Å². The molecule has 214 valence electrons. The minimum absolute atomic E-state index is 0.0119. The van der Waals surface area contributed by atoms with Crippen LogP contribution in [0.15, 0.2) is 54.6 Å². The highest BCUT2D eigenvalue weighted by Gasteiger charge is 2.42. The van der Waals surface area contributed by atoms with Crippen LogP contribution in [-0.4, -0.2) is 82.9 Å². The predicted molar refractivity (Wildman–Crippen MR) is 159 cm³/mol. The number of hydrogen-bond donors (Lipinski definition) is 2. The standard InChI is InChI=1S/C30H39N5O4S/c1-2-39-25-11-9-24(10-12-25)32-27(36)21-26-29(38)35(20-13-22-7-4-3-5-8-22)30(40)34(26)17-6-16-33-18-14-23(15-19-33)28(31)37/h3-5,7-12,23,26H,2,6,13-21H2,1H3,(H2,31,37)(H,32,36)/t26-/m0/s1. The van der Waals surface area contributed by atoms with E-state index in [0.717, 1.165) is 50.2 Å². The van der Waals surface area contributed by atoms with Gasteiger partial charge in [0.05, 0.1) is 13.0 Å². The number of nitrogens with one attached hydrogen (secondary N) is 1. The third kappa shape index (κ3) is 7.79. The summed E-state index contributed by atoms with van der Waals surface area (Å²) in [6.45, 7) is 6.01.